The van der Waals surface area contributed by atoms with E-state index in [-0.39, 0.29) is 6.04 Å². The van der Waals surface area contributed by atoms with Gasteiger partial charge in [0.05, 0.1) is 6.04 Å². The molecular weight excluding hydrogens is 256 g/mol. The predicted octanol–water partition coefficient (Wildman–Crippen LogP) is 2.53. The molecule has 1 aliphatic carbocycles. The summed E-state index contributed by atoms with van der Waals surface area (Å²) in [5, 5.41) is 0. The molecule has 4 heteroatoms. The zero-order valence-corrected chi connectivity index (χ0v) is 10.5. The fourth-order valence-corrected chi connectivity index (χ4v) is 2.38. The van der Waals surface area contributed by atoms with Gasteiger partial charge in [-0.3, -0.25) is 4.90 Å². The number of rotatable bonds is 5. The Morgan fingerprint density at radius 1 is 1.60 bits per heavy atom. The molecule has 15 heavy (non-hydrogen) atoms. The molecule has 1 atom stereocenters. The van der Waals surface area contributed by atoms with Gasteiger partial charge in [-0.25, -0.2) is 0 Å². The summed E-state index contributed by atoms with van der Waals surface area (Å²) in [7, 11) is 0. The van der Waals surface area contributed by atoms with Crippen LogP contribution in [0.1, 0.15) is 31.6 Å². The molecule has 0 aliphatic heterocycles. The number of hydrogen-bond donors (Lipinski definition) is 1. The van der Waals surface area contributed by atoms with E-state index in [2.05, 4.69) is 27.8 Å². The van der Waals surface area contributed by atoms with Crippen LogP contribution in [0.4, 0.5) is 0 Å². The van der Waals surface area contributed by atoms with Gasteiger partial charge in [0.15, 0.2) is 4.67 Å². The van der Waals surface area contributed by atoms with Gasteiger partial charge in [0.25, 0.3) is 0 Å². The molecule has 0 aromatic carbocycles. The first-order valence-corrected chi connectivity index (χ1v) is 6.26. The van der Waals surface area contributed by atoms with E-state index in [1.54, 1.807) is 0 Å². The third-order valence-electron chi connectivity index (χ3n) is 2.93. The second-order valence-electron chi connectivity index (χ2n) is 3.95. The van der Waals surface area contributed by atoms with Crippen molar-refractivity contribution in [3.05, 3.63) is 22.6 Å². The quantitative estimate of drug-likeness (QED) is 0.896. The van der Waals surface area contributed by atoms with E-state index in [1.807, 2.05) is 12.1 Å². The maximum atomic E-state index is 5.84. The van der Waals surface area contributed by atoms with Crippen molar-refractivity contribution in [3.63, 3.8) is 0 Å². The van der Waals surface area contributed by atoms with Gasteiger partial charge >= 0.3 is 0 Å². The van der Waals surface area contributed by atoms with Crippen molar-refractivity contribution in [2.45, 2.75) is 31.8 Å². The van der Waals surface area contributed by atoms with Crippen molar-refractivity contribution in [1.29, 1.82) is 0 Å². The third kappa shape index (κ3) is 2.44. The van der Waals surface area contributed by atoms with Crippen LogP contribution in [0.5, 0.6) is 0 Å². The lowest BCUT2D eigenvalue weighted by molar-refractivity contribution is 0.177. The normalized spacial score (nSPS) is 18.4. The second-order valence-corrected chi connectivity index (χ2v) is 4.74. The summed E-state index contributed by atoms with van der Waals surface area (Å²) >= 11 is 3.33. The molecule has 1 unspecified atom stereocenters. The zero-order valence-electron chi connectivity index (χ0n) is 8.95. The van der Waals surface area contributed by atoms with Gasteiger partial charge in [0.2, 0.25) is 0 Å². The summed E-state index contributed by atoms with van der Waals surface area (Å²) in [6, 6.07) is 4.88. The molecule has 0 bridgehead atoms. The van der Waals surface area contributed by atoms with E-state index >= 15 is 0 Å². The molecule has 1 aliphatic rings. The van der Waals surface area contributed by atoms with Crippen LogP contribution in [0.25, 0.3) is 0 Å². The Morgan fingerprint density at radius 2 is 2.33 bits per heavy atom. The fraction of sp³-hybridized carbons (Fsp3) is 0.636. The van der Waals surface area contributed by atoms with E-state index in [0.717, 1.165) is 17.0 Å². The molecule has 1 fully saturated rings. The van der Waals surface area contributed by atoms with Crippen molar-refractivity contribution >= 4 is 15.9 Å². The molecule has 1 heterocycles. The van der Waals surface area contributed by atoms with Gasteiger partial charge in [-0.1, -0.05) is 6.92 Å². The number of likely N-dealkylation sites (N-methyl/N-ethyl adjacent to an activating group) is 1. The second kappa shape index (κ2) is 4.68. The summed E-state index contributed by atoms with van der Waals surface area (Å²) in [6.07, 6.45) is 2.60. The topological polar surface area (TPSA) is 42.4 Å². The lowest BCUT2D eigenvalue weighted by Gasteiger charge is -2.28. The van der Waals surface area contributed by atoms with Crippen molar-refractivity contribution in [3.8, 4) is 0 Å². The van der Waals surface area contributed by atoms with Gasteiger partial charge in [-0.2, -0.15) is 0 Å². The molecule has 3 nitrogen and oxygen atoms in total. The average Bonchev–Trinajstić information content (AvgIpc) is 2.98. The summed E-state index contributed by atoms with van der Waals surface area (Å²) in [5.41, 5.74) is 5.84. The molecule has 1 aromatic rings. The van der Waals surface area contributed by atoms with Gasteiger partial charge in [-0.15, -0.1) is 0 Å². The maximum Gasteiger partial charge on any atom is 0.169 e. The molecule has 0 radical (unpaired) electrons. The highest BCUT2D eigenvalue weighted by atomic mass is 79.9. The molecule has 2 rings (SSSR count). The lowest BCUT2D eigenvalue weighted by atomic mass is 10.2. The molecule has 0 amide bonds. The molecule has 84 valence electrons. The summed E-state index contributed by atoms with van der Waals surface area (Å²) in [4.78, 5) is 2.44. The van der Waals surface area contributed by atoms with Crippen LogP contribution in [0.3, 0.4) is 0 Å². The van der Waals surface area contributed by atoms with Crippen LogP contribution in [0, 0.1) is 0 Å². The van der Waals surface area contributed by atoms with Gasteiger partial charge in [0.1, 0.15) is 5.76 Å². The fourth-order valence-electron chi connectivity index (χ4n) is 2.06. The first kappa shape index (κ1) is 11.2. The van der Waals surface area contributed by atoms with Gasteiger partial charge in [-0.05, 0) is 47.4 Å². The first-order chi connectivity index (χ1) is 7.26. The summed E-state index contributed by atoms with van der Waals surface area (Å²) in [6.45, 7) is 3.83. The standard InChI is InChI=1S/C11H17BrN2O/c1-2-14(8-3-4-8)9(7-13)10-5-6-11(12)15-10/h5-6,8-9H,2-4,7,13H2,1H3. The molecule has 1 saturated carbocycles. The van der Waals surface area contributed by atoms with Crippen LogP contribution in [-0.2, 0) is 0 Å². The smallest absolute Gasteiger partial charge is 0.169 e. The zero-order chi connectivity index (χ0) is 10.8. The van der Waals surface area contributed by atoms with Crippen molar-refractivity contribution in [1.82, 2.24) is 4.90 Å². The minimum atomic E-state index is 0.230. The Hall–Kier alpha value is -0.320. The van der Waals surface area contributed by atoms with Gasteiger partial charge < -0.3 is 10.2 Å². The van der Waals surface area contributed by atoms with E-state index in [4.69, 9.17) is 10.2 Å². The molecule has 2 N–H and O–H groups in total. The highest BCUT2D eigenvalue weighted by Gasteiger charge is 2.34. The third-order valence-corrected chi connectivity index (χ3v) is 3.35. The van der Waals surface area contributed by atoms with E-state index < -0.39 is 0 Å². The first-order valence-electron chi connectivity index (χ1n) is 5.47. The molecular formula is C11H17BrN2O. The number of hydrogen-bond acceptors (Lipinski definition) is 3. The van der Waals surface area contributed by atoms with Gasteiger partial charge in [0, 0.05) is 12.6 Å². The number of halogens is 1. The number of nitrogens with zero attached hydrogens (tertiary/aromatic N) is 1. The number of furan rings is 1. The summed E-state index contributed by atoms with van der Waals surface area (Å²) in [5.74, 6) is 0.970. The molecule has 0 saturated heterocycles. The van der Waals surface area contributed by atoms with Crippen LogP contribution < -0.4 is 5.73 Å². The van der Waals surface area contributed by atoms with Crippen molar-refractivity contribution in [2.75, 3.05) is 13.1 Å². The minimum Gasteiger partial charge on any atom is -0.453 e. The molecule has 0 spiro atoms. The Labute approximate surface area is 98.7 Å². The average molecular weight is 273 g/mol. The number of nitrogens with two attached hydrogens (primary N) is 1. The maximum absolute atomic E-state index is 5.84. The highest BCUT2D eigenvalue weighted by Crippen LogP contribution is 2.34. The SMILES string of the molecule is CCN(C1CC1)C(CN)c1ccc(Br)o1. The highest BCUT2D eigenvalue weighted by molar-refractivity contribution is 9.10. The largest absolute Gasteiger partial charge is 0.453 e. The Kier molecular flexibility index (Phi) is 3.49. The Balaban J connectivity index is 2.14. The minimum absolute atomic E-state index is 0.230. The monoisotopic (exact) mass is 272 g/mol. The van der Waals surface area contributed by atoms with E-state index in [0.29, 0.717) is 12.6 Å². The van der Waals surface area contributed by atoms with E-state index in [1.165, 1.54) is 12.8 Å². The molecule has 1 aromatic heterocycles. The van der Waals surface area contributed by atoms with E-state index in [9.17, 15) is 0 Å². The van der Waals surface area contributed by atoms with Crippen LogP contribution in [0.15, 0.2) is 21.2 Å². The van der Waals surface area contributed by atoms with Crippen molar-refractivity contribution in [2.24, 2.45) is 5.73 Å². The van der Waals surface area contributed by atoms with Crippen LogP contribution in [0.2, 0.25) is 0 Å². The predicted molar refractivity (Wildman–Crippen MR) is 63.6 cm³/mol. The lowest BCUT2D eigenvalue weighted by Crippen LogP contribution is -2.35. The Bertz CT molecular complexity index is 322. The van der Waals surface area contributed by atoms with Crippen LogP contribution >= 0.6 is 15.9 Å². The summed E-state index contributed by atoms with van der Waals surface area (Å²) < 4.78 is 6.37. The van der Waals surface area contributed by atoms with Crippen LogP contribution in [-0.4, -0.2) is 24.0 Å². The Morgan fingerprint density at radius 3 is 2.73 bits per heavy atom. The van der Waals surface area contributed by atoms with Crippen molar-refractivity contribution < 1.29 is 4.42 Å².